The number of rotatable bonds is 0. The van der Waals surface area contributed by atoms with Gasteiger partial charge in [-0.05, 0) is 18.2 Å². The van der Waals surface area contributed by atoms with Crippen molar-refractivity contribution in [3.8, 4) is 0 Å². The van der Waals surface area contributed by atoms with Crippen LogP contribution in [-0.2, 0) is 9.84 Å². The molecule has 0 amide bonds. The van der Waals surface area contributed by atoms with Gasteiger partial charge in [0.05, 0.1) is 10.6 Å². The van der Waals surface area contributed by atoms with Gasteiger partial charge in [0.1, 0.15) is 5.55 Å². The van der Waals surface area contributed by atoms with Gasteiger partial charge in [0, 0.05) is 0 Å². The van der Waals surface area contributed by atoms with Crippen LogP contribution in [0.15, 0.2) is 28.1 Å². The second-order valence-electron chi connectivity index (χ2n) is 2.17. The maximum Gasteiger partial charge on any atom is 0.219 e. The first-order valence-electron chi connectivity index (χ1n) is 2.99. The molecule has 0 fully saturated rings. The number of hydrogen-bond donors (Lipinski definition) is 0. The third-order valence-corrected chi connectivity index (χ3v) is 2.76. The van der Waals surface area contributed by atoms with E-state index in [9.17, 15) is 8.42 Å². The molecule has 11 heavy (non-hydrogen) atoms. The third kappa shape index (κ3) is 0.867. The maximum absolute atomic E-state index is 11.1. The highest BCUT2D eigenvalue weighted by Gasteiger charge is 2.20. The van der Waals surface area contributed by atoms with Crippen molar-refractivity contribution in [1.82, 2.24) is 0 Å². The average Bonchev–Trinajstić information content (AvgIpc) is 2.29. The first-order valence-corrected chi connectivity index (χ1v) is 4.54. The fraction of sp³-hybridized carbons (Fsp3) is 0. The second kappa shape index (κ2) is 1.92. The van der Waals surface area contributed by atoms with Crippen LogP contribution in [0.3, 0.4) is 0 Å². The summed E-state index contributed by atoms with van der Waals surface area (Å²) in [7, 11) is -3.23. The molecule has 3 nitrogen and oxygen atoms in total. The second-order valence-corrected chi connectivity index (χ2v) is 3.91. The summed E-state index contributed by atoms with van der Waals surface area (Å²) in [5.41, 5.74) is 1.47. The van der Waals surface area contributed by atoms with E-state index in [1.807, 2.05) is 0 Å². The highest BCUT2D eigenvalue weighted by Crippen LogP contribution is 2.28. The Bertz CT molecular complexity index is 420. The van der Waals surface area contributed by atoms with Crippen LogP contribution in [0.5, 0.6) is 0 Å². The zero-order chi connectivity index (χ0) is 7.90. The van der Waals surface area contributed by atoms with Gasteiger partial charge in [0.2, 0.25) is 9.84 Å². The third-order valence-electron chi connectivity index (χ3n) is 1.44. The van der Waals surface area contributed by atoms with E-state index < -0.39 is 9.84 Å². The largest absolute Gasteiger partial charge is 0.243 e. The van der Waals surface area contributed by atoms with Crippen molar-refractivity contribution in [2.24, 2.45) is 4.99 Å². The summed E-state index contributed by atoms with van der Waals surface area (Å²) in [5.74, 6) is 0. The van der Waals surface area contributed by atoms with Crippen LogP contribution in [0.1, 0.15) is 0 Å². The minimum absolute atomic E-state index is 0.250. The highest BCUT2D eigenvalue weighted by molar-refractivity contribution is 8.05. The Morgan fingerprint density at radius 2 is 2.27 bits per heavy atom. The predicted molar refractivity (Wildman–Crippen MR) is 40.6 cm³/mol. The number of fused-ring (bicyclic) bond motifs is 1. The molecule has 1 aliphatic rings. The highest BCUT2D eigenvalue weighted by atomic mass is 32.2. The number of aliphatic imine (C=N–C) groups is 1. The van der Waals surface area contributed by atoms with E-state index in [0.29, 0.717) is 5.69 Å². The summed E-state index contributed by atoms with van der Waals surface area (Å²) >= 11 is 0. The van der Waals surface area contributed by atoms with Crippen molar-refractivity contribution in [1.29, 1.82) is 0 Å². The van der Waals surface area contributed by atoms with Crippen molar-refractivity contribution in [2.45, 2.75) is 4.90 Å². The maximum atomic E-state index is 11.1. The Morgan fingerprint density at radius 3 is 3.00 bits per heavy atom. The van der Waals surface area contributed by atoms with Gasteiger partial charge < -0.3 is 0 Å². The van der Waals surface area contributed by atoms with Crippen molar-refractivity contribution in [2.75, 3.05) is 0 Å². The van der Waals surface area contributed by atoms with E-state index in [0.717, 1.165) is 5.55 Å². The van der Waals surface area contributed by atoms with Gasteiger partial charge in [-0.15, -0.1) is 0 Å². The molecule has 0 unspecified atom stereocenters. The molecule has 0 N–H and O–H groups in total. The van der Waals surface area contributed by atoms with Crippen molar-refractivity contribution >= 4 is 21.1 Å². The lowest BCUT2D eigenvalue weighted by Crippen LogP contribution is -1.95. The lowest BCUT2D eigenvalue weighted by molar-refractivity contribution is 0.609. The standard InChI is InChI=1S/C7H4NO2S/c9-11(10)5-8-6-3-1-2-4-7(6)11/h1,3-5H. The molecule has 55 valence electrons. The van der Waals surface area contributed by atoms with Gasteiger partial charge in [-0.25, -0.2) is 13.4 Å². The van der Waals surface area contributed by atoms with E-state index in [1.54, 1.807) is 12.1 Å². The smallest absolute Gasteiger partial charge is 0.219 e. The SMILES string of the molecule is O=S1(=O)C=Nc2cc[c]cc21. The van der Waals surface area contributed by atoms with Crippen LogP contribution in [0.2, 0.25) is 0 Å². The van der Waals surface area contributed by atoms with Gasteiger partial charge in [-0.3, -0.25) is 0 Å². The molecule has 1 radical (unpaired) electrons. The van der Waals surface area contributed by atoms with E-state index in [-0.39, 0.29) is 4.90 Å². The molecule has 4 heteroatoms. The Balaban J connectivity index is 2.84. The van der Waals surface area contributed by atoms with Gasteiger partial charge in [0.25, 0.3) is 0 Å². The quantitative estimate of drug-likeness (QED) is 0.575. The van der Waals surface area contributed by atoms with Gasteiger partial charge in [-0.1, -0.05) is 6.07 Å². The minimum Gasteiger partial charge on any atom is -0.243 e. The van der Waals surface area contributed by atoms with Gasteiger partial charge in [0.15, 0.2) is 0 Å². The molecular weight excluding hydrogens is 162 g/mol. The molecule has 1 aromatic carbocycles. The topological polar surface area (TPSA) is 46.5 Å². The monoisotopic (exact) mass is 166 g/mol. The molecular formula is C7H4NO2S. The normalized spacial score (nSPS) is 18.2. The molecule has 0 aliphatic carbocycles. The van der Waals surface area contributed by atoms with Crippen LogP contribution < -0.4 is 0 Å². The van der Waals surface area contributed by atoms with Crippen LogP contribution in [0.4, 0.5) is 5.69 Å². The summed E-state index contributed by atoms with van der Waals surface area (Å²) in [5, 5.41) is 0. The zero-order valence-electron chi connectivity index (χ0n) is 5.48. The van der Waals surface area contributed by atoms with E-state index in [1.165, 1.54) is 6.07 Å². The fourth-order valence-corrected chi connectivity index (χ4v) is 1.93. The summed E-state index contributed by atoms with van der Waals surface area (Å²) in [6, 6.07) is 7.37. The Hall–Kier alpha value is -1.16. The van der Waals surface area contributed by atoms with Crippen molar-refractivity contribution < 1.29 is 8.42 Å². The van der Waals surface area contributed by atoms with Crippen LogP contribution in [0.25, 0.3) is 0 Å². The van der Waals surface area contributed by atoms with Crippen LogP contribution in [-0.4, -0.2) is 14.0 Å². The summed E-state index contributed by atoms with van der Waals surface area (Å²) in [6.07, 6.45) is 0. The molecule has 0 spiro atoms. The van der Waals surface area contributed by atoms with Crippen molar-refractivity contribution in [3.05, 3.63) is 24.3 Å². The van der Waals surface area contributed by atoms with E-state index in [2.05, 4.69) is 11.1 Å². The summed E-state index contributed by atoms with van der Waals surface area (Å²) < 4.78 is 22.2. The molecule has 0 bridgehead atoms. The average molecular weight is 166 g/mol. The Labute approximate surface area is 64.3 Å². The number of nitrogens with zero attached hydrogens (tertiary/aromatic N) is 1. The molecule has 1 aliphatic heterocycles. The minimum atomic E-state index is -3.23. The van der Waals surface area contributed by atoms with Gasteiger partial charge in [-0.2, -0.15) is 0 Å². The Morgan fingerprint density at radius 1 is 1.45 bits per heavy atom. The molecule has 0 atom stereocenters. The first-order chi connectivity index (χ1) is 5.20. The molecule has 1 heterocycles. The van der Waals surface area contributed by atoms with E-state index >= 15 is 0 Å². The number of benzene rings is 1. The lowest BCUT2D eigenvalue weighted by Gasteiger charge is -1.91. The van der Waals surface area contributed by atoms with Gasteiger partial charge >= 0.3 is 0 Å². The predicted octanol–water partition coefficient (Wildman–Crippen LogP) is 0.934. The van der Waals surface area contributed by atoms with Crippen molar-refractivity contribution in [3.63, 3.8) is 0 Å². The molecule has 0 aromatic heterocycles. The molecule has 2 rings (SSSR count). The molecule has 1 aromatic rings. The Kier molecular flexibility index (Phi) is 1.14. The molecule has 0 saturated carbocycles. The summed E-state index contributed by atoms with van der Waals surface area (Å²) in [4.78, 5) is 3.97. The van der Waals surface area contributed by atoms with Crippen LogP contribution in [0, 0.1) is 6.07 Å². The first kappa shape index (κ1) is 6.54. The number of hydrogen-bond acceptors (Lipinski definition) is 3. The van der Waals surface area contributed by atoms with E-state index in [4.69, 9.17) is 0 Å². The lowest BCUT2D eigenvalue weighted by atomic mass is 10.3. The van der Waals surface area contributed by atoms with Crippen LogP contribution >= 0.6 is 0 Å². The number of sulfone groups is 1. The molecule has 0 saturated heterocycles. The zero-order valence-corrected chi connectivity index (χ0v) is 6.30. The fourth-order valence-electron chi connectivity index (χ4n) is 0.924. The summed E-state index contributed by atoms with van der Waals surface area (Å²) in [6.45, 7) is 0.